The molecule has 0 radical (unpaired) electrons. The van der Waals surface area contributed by atoms with Crippen LogP contribution in [0.5, 0.6) is 0 Å². The molecule has 0 spiro atoms. The van der Waals surface area contributed by atoms with Crippen LogP contribution < -0.4 is 4.72 Å². The van der Waals surface area contributed by atoms with Crippen LogP contribution in [0.4, 0.5) is 0 Å². The Morgan fingerprint density at radius 2 is 2.17 bits per heavy atom. The second kappa shape index (κ2) is 4.91. The number of hydrogen-bond acceptors (Lipinski definition) is 4. The molecular formula is C13H18N2O2S. The van der Waals surface area contributed by atoms with Crippen molar-refractivity contribution in [3.63, 3.8) is 0 Å². The number of nitrogens with one attached hydrogen (secondary N) is 1. The Morgan fingerprint density at radius 3 is 2.78 bits per heavy atom. The number of pyridine rings is 1. The molecule has 0 saturated carbocycles. The maximum absolute atomic E-state index is 12.0. The normalized spacial score (nSPS) is 15.8. The van der Waals surface area contributed by atoms with Crippen molar-refractivity contribution in [2.24, 2.45) is 0 Å². The van der Waals surface area contributed by atoms with Crippen molar-refractivity contribution in [3.05, 3.63) is 30.3 Å². The molecule has 2 heterocycles. The fraction of sp³-hybridized carbons (Fsp3) is 0.462. The highest BCUT2D eigenvalue weighted by molar-refractivity contribution is 7.90. The van der Waals surface area contributed by atoms with Crippen molar-refractivity contribution in [1.29, 1.82) is 0 Å². The van der Waals surface area contributed by atoms with Crippen molar-refractivity contribution in [1.82, 2.24) is 9.71 Å². The maximum Gasteiger partial charge on any atom is 0.137 e. The molecule has 2 aromatic rings. The Balaban J connectivity index is 2.16. The minimum atomic E-state index is -1.12. The van der Waals surface area contributed by atoms with Gasteiger partial charge in [0, 0.05) is 29.1 Å². The lowest BCUT2D eigenvalue weighted by Gasteiger charge is -2.25. The summed E-state index contributed by atoms with van der Waals surface area (Å²) in [6, 6.07) is 3.66. The second-order valence-corrected chi connectivity index (χ2v) is 7.28. The van der Waals surface area contributed by atoms with E-state index in [1.165, 1.54) is 0 Å². The third kappa shape index (κ3) is 2.85. The first kappa shape index (κ1) is 13.4. The highest BCUT2D eigenvalue weighted by Gasteiger charge is 2.29. The van der Waals surface area contributed by atoms with E-state index in [4.69, 9.17) is 4.42 Å². The van der Waals surface area contributed by atoms with Gasteiger partial charge in [-0.25, -0.2) is 0 Å². The molecule has 0 amide bonds. The first-order chi connectivity index (χ1) is 8.38. The van der Waals surface area contributed by atoms with Crippen molar-refractivity contribution >= 4 is 22.3 Å². The highest BCUT2D eigenvalue weighted by atomic mass is 32.2. The van der Waals surface area contributed by atoms with E-state index < -0.39 is 11.4 Å². The molecule has 0 aromatic carbocycles. The van der Waals surface area contributed by atoms with E-state index >= 15 is 0 Å². The zero-order valence-electron chi connectivity index (χ0n) is 11.1. The van der Waals surface area contributed by atoms with Gasteiger partial charge < -0.3 is 8.97 Å². The summed E-state index contributed by atoms with van der Waals surface area (Å²) in [7, 11) is 0. The van der Waals surface area contributed by atoms with E-state index in [2.05, 4.69) is 9.71 Å². The second-order valence-electron chi connectivity index (χ2n) is 5.28. The zero-order valence-corrected chi connectivity index (χ0v) is 11.9. The number of furan rings is 1. The third-order valence-electron chi connectivity index (χ3n) is 2.60. The summed E-state index contributed by atoms with van der Waals surface area (Å²) in [5, 5.41) is 0.961. The molecule has 0 aliphatic heterocycles. The molecule has 98 valence electrons. The third-order valence-corrected chi connectivity index (χ3v) is 4.28. The molecule has 0 saturated heterocycles. The molecule has 1 unspecified atom stereocenters. The molecule has 0 aliphatic carbocycles. The van der Waals surface area contributed by atoms with E-state index in [0.717, 1.165) is 16.7 Å². The average molecular weight is 266 g/mol. The summed E-state index contributed by atoms with van der Waals surface area (Å²) >= 11 is -1.12. The number of aromatic nitrogens is 1. The quantitative estimate of drug-likeness (QED) is 0.868. The molecule has 0 fully saturated rings. The van der Waals surface area contributed by atoms with Gasteiger partial charge in [0.1, 0.15) is 22.1 Å². The fourth-order valence-corrected chi connectivity index (χ4v) is 2.30. The predicted molar refractivity (Wildman–Crippen MR) is 73.5 cm³/mol. The number of hydrogen-bond donors (Lipinski definition) is 1. The van der Waals surface area contributed by atoms with Crippen LogP contribution in [-0.4, -0.2) is 14.3 Å². The molecule has 18 heavy (non-hydrogen) atoms. The largest absolute Gasteiger partial charge is 0.598 e. The molecule has 5 heteroatoms. The van der Waals surface area contributed by atoms with Crippen LogP contribution in [0.2, 0.25) is 0 Å². The van der Waals surface area contributed by atoms with Gasteiger partial charge in [0.25, 0.3) is 0 Å². The molecule has 1 N–H and O–H groups in total. The van der Waals surface area contributed by atoms with Gasteiger partial charge in [-0.05, 0) is 39.8 Å². The van der Waals surface area contributed by atoms with Gasteiger partial charge in [-0.3, -0.25) is 4.98 Å². The topological polar surface area (TPSA) is 61.1 Å². The summed E-state index contributed by atoms with van der Waals surface area (Å²) < 4.78 is 20.5. The lowest BCUT2D eigenvalue weighted by molar-refractivity contribution is 0.475. The van der Waals surface area contributed by atoms with Crippen LogP contribution in [0.1, 0.15) is 39.5 Å². The standard InChI is InChI=1S/C13H18N2O2S/c1-9(15-18(16)13(2,3)4)12-7-10-8-14-6-5-11(10)17-12/h5-9,15H,1-4H3/t9-,18?/m0/s1. The Labute approximate surface area is 110 Å². The first-order valence-electron chi connectivity index (χ1n) is 5.89. The van der Waals surface area contributed by atoms with E-state index in [-0.39, 0.29) is 10.8 Å². The predicted octanol–water partition coefficient (Wildman–Crippen LogP) is 2.94. The van der Waals surface area contributed by atoms with Gasteiger partial charge in [-0.15, -0.1) is 4.72 Å². The first-order valence-corrected chi connectivity index (χ1v) is 7.04. The van der Waals surface area contributed by atoms with Crippen molar-refractivity contribution in [3.8, 4) is 0 Å². The molecular weight excluding hydrogens is 248 g/mol. The summed E-state index contributed by atoms with van der Waals surface area (Å²) in [6.07, 6.45) is 3.46. The Hall–Kier alpha value is -1.04. The van der Waals surface area contributed by atoms with Gasteiger partial charge in [0.2, 0.25) is 0 Å². The van der Waals surface area contributed by atoms with Gasteiger partial charge in [0.15, 0.2) is 0 Å². The van der Waals surface area contributed by atoms with E-state index in [9.17, 15) is 4.55 Å². The lowest BCUT2D eigenvalue weighted by atomic mass is 10.2. The monoisotopic (exact) mass is 266 g/mol. The fourth-order valence-electron chi connectivity index (χ4n) is 1.51. The SMILES string of the molecule is C[C@H](N[S+]([O-])C(C)(C)C)c1cc2cnccc2o1. The van der Waals surface area contributed by atoms with Crippen molar-refractivity contribution in [2.75, 3.05) is 0 Å². The van der Waals surface area contributed by atoms with Gasteiger partial charge in [-0.2, -0.15) is 0 Å². The van der Waals surface area contributed by atoms with Crippen molar-refractivity contribution in [2.45, 2.75) is 38.5 Å². The molecule has 0 bridgehead atoms. The molecule has 2 atom stereocenters. The smallest absolute Gasteiger partial charge is 0.137 e. The summed E-state index contributed by atoms with van der Waals surface area (Å²) in [5.74, 6) is 0.774. The summed E-state index contributed by atoms with van der Waals surface area (Å²) in [6.45, 7) is 7.75. The molecule has 4 nitrogen and oxygen atoms in total. The van der Waals surface area contributed by atoms with E-state index in [1.54, 1.807) is 12.4 Å². The maximum atomic E-state index is 12.0. The molecule has 2 aromatic heterocycles. The van der Waals surface area contributed by atoms with Gasteiger partial charge >= 0.3 is 0 Å². The average Bonchev–Trinajstić information content (AvgIpc) is 2.71. The minimum absolute atomic E-state index is 0.0996. The number of rotatable bonds is 3. The minimum Gasteiger partial charge on any atom is -0.598 e. The van der Waals surface area contributed by atoms with E-state index in [0.29, 0.717) is 0 Å². The molecule has 0 aliphatic rings. The summed E-state index contributed by atoms with van der Waals surface area (Å²) in [4.78, 5) is 4.05. The van der Waals surface area contributed by atoms with Gasteiger partial charge in [-0.1, -0.05) is 0 Å². The highest BCUT2D eigenvalue weighted by Crippen LogP contribution is 2.25. The summed E-state index contributed by atoms with van der Waals surface area (Å²) in [5.41, 5.74) is 0.801. The number of fused-ring (bicyclic) bond motifs is 1. The van der Waals surface area contributed by atoms with Crippen LogP contribution in [0.3, 0.4) is 0 Å². The Bertz CT molecular complexity index is 500. The van der Waals surface area contributed by atoms with Gasteiger partial charge in [0.05, 0.1) is 0 Å². The van der Waals surface area contributed by atoms with E-state index in [1.807, 2.05) is 39.8 Å². The molecule has 2 rings (SSSR count). The van der Waals surface area contributed by atoms with Crippen LogP contribution in [0, 0.1) is 0 Å². The Morgan fingerprint density at radius 1 is 1.44 bits per heavy atom. The zero-order chi connectivity index (χ0) is 13.3. The lowest BCUT2D eigenvalue weighted by Crippen LogP contribution is -2.40. The van der Waals surface area contributed by atoms with Crippen LogP contribution in [0.25, 0.3) is 11.0 Å². The van der Waals surface area contributed by atoms with Crippen LogP contribution >= 0.6 is 0 Å². The Kier molecular flexibility index (Phi) is 3.66. The van der Waals surface area contributed by atoms with Crippen molar-refractivity contribution < 1.29 is 8.97 Å². The van der Waals surface area contributed by atoms with Crippen LogP contribution in [0.15, 0.2) is 28.9 Å². The number of nitrogens with zero attached hydrogens (tertiary/aromatic N) is 1. The van der Waals surface area contributed by atoms with Crippen LogP contribution in [-0.2, 0) is 11.4 Å².